The molecular weight excluding hydrogens is 262 g/mol. The van der Waals surface area contributed by atoms with Gasteiger partial charge < -0.3 is 18.9 Å². The van der Waals surface area contributed by atoms with Crippen LogP contribution in [0.1, 0.15) is 30.4 Å². The molecule has 3 aliphatic heterocycles. The quantitative estimate of drug-likeness (QED) is 0.513. The highest BCUT2D eigenvalue weighted by molar-refractivity contribution is 5.88. The zero-order chi connectivity index (χ0) is 13.9. The fourth-order valence-corrected chi connectivity index (χ4v) is 3.05. The van der Waals surface area contributed by atoms with Crippen molar-refractivity contribution in [3.8, 4) is 0 Å². The van der Waals surface area contributed by atoms with Crippen molar-refractivity contribution in [1.29, 1.82) is 0 Å². The molecule has 6 heteroatoms. The molecule has 0 N–H and O–H groups in total. The van der Waals surface area contributed by atoms with E-state index in [1.165, 1.54) is 0 Å². The average molecular weight is 278 g/mol. The van der Waals surface area contributed by atoms with E-state index >= 15 is 0 Å². The van der Waals surface area contributed by atoms with Crippen molar-refractivity contribution >= 4 is 5.97 Å². The summed E-state index contributed by atoms with van der Waals surface area (Å²) in [6, 6.07) is 3.53. The number of hydrogen-bond donors (Lipinski definition) is 0. The van der Waals surface area contributed by atoms with Crippen molar-refractivity contribution in [2.75, 3.05) is 6.61 Å². The zero-order valence-electron chi connectivity index (χ0n) is 11.3. The molecule has 4 atom stereocenters. The summed E-state index contributed by atoms with van der Waals surface area (Å²) in [7, 11) is 0. The molecule has 2 saturated heterocycles. The van der Waals surface area contributed by atoms with Gasteiger partial charge in [-0.15, -0.1) is 0 Å². The Bertz CT molecular complexity index is 572. The van der Waals surface area contributed by atoms with Crippen molar-refractivity contribution in [2.24, 2.45) is 0 Å². The van der Waals surface area contributed by atoms with Crippen LogP contribution in [-0.4, -0.2) is 36.7 Å². The minimum atomic E-state index is -0.647. The summed E-state index contributed by atoms with van der Waals surface area (Å²) in [5, 5.41) is 0. The number of esters is 1. The van der Waals surface area contributed by atoms with Crippen LogP contribution in [0.2, 0.25) is 0 Å². The molecule has 0 aliphatic carbocycles. The Hall–Kier alpha value is -1.50. The molecule has 4 heterocycles. The van der Waals surface area contributed by atoms with Gasteiger partial charge in [-0.1, -0.05) is 0 Å². The van der Waals surface area contributed by atoms with Crippen LogP contribution in [0.5, 0.6) is 0 Å². The Kier molecular flexibility index (Phi) is 2.45. The molecule has 20 heavy (non-hydrogen) atoms. The lowest BCUT2D eigenvalue weighted by Gasteiger charge is -2.21. The predicted octanol–water partition coefficient (Wildman–Crippen LogP) is 0.562. The Labute approximate surface area is 116 Å². The highest BCUT2D eigenvalue weighted by atomic mass is 16.8. The molecule has 0 spiro atoms. The van der Waals surface area contributed by atoms with Crippen LogP contribution in [0.4, 0.5) is 0 Å². The molecule has 1 aromatic heterocycles. The van der Waals surface area contributed by atoms with Gasteiger partial charge in [-0.05, 0) is 19.9 Å². The molecule has 6 nitrogen and oxygen atoms in total. The maximum atomic E-state index is 11.9. The van der Waals surface area contributed by atoms with E-state index in [2.05, 4.69) is 0 Å². The third-order valence-corrected chi connectivity index (χ3v) is 3.86. The van der Waals surface area contributed by atoms with E-state index < -0.39 is 5.79 Å². The van der Waals surface area contributed by atoms with Gasteiger partial charge in [-0.3, -0.25) is 0 Å². The highest BCUT2D eigenvalue weighted by Crippen LogP contribution is 2.41. The minimum Gasteiger partial charge on any atom is -0.459 e. The van der Waals surface area contributed by atoms with E-state index in [-0.39, 0.29) is 37.1 Å². The van der Waals surface area contributed by atoms with Gasteiger partial charge >= 0.3 is 5.97 Å². The molecule has 0 amide bonds. The second-order valence-electron chi connectivity index (χ2n) is 5.77. The molecule has 4 bridgehead atoms. The van der Waals surface area contributed by atoms with Crippen molar-refractivity contribution in [3.63, 3.8) is 0 Å². The number of nitrogens with zero attached hydrogens (tertiary/aromatic N) is 1. The number of aromatic nitrogens is 1. The van der Waals surface area contributed by atoms with E-state index in [4.69, 9.17) is 18.9 Å². The van der Waals surface area contributed by atoms with Crippen molar-refractivity contribution in [1.82, 2.24) is 0 Å². The first-order valence-corrected chi connectivity index (χ1v) is 6.72. The molecule has 0 unspecified atom stereocenters. The van der Waals surface area contributed by atoms with Crippen LogP contribution in [0.15, 0.2) is 24.5 Å². The topological polar surface area (TPSA) is 57.9 Å². The van der Waals surface area contributed by atoms with E-state index in [1.807, 2.05) is 24.6 Å². The van der Waals surface area contributed by atoms with Crippen LogP contribution in [-0.2, 0) is 18.9 Å². The van der Waals surface area contributed by atoms with Crippen molar-refractivity contribution in [2.45, 2.75) is 44.2 Å². The first-order valence-electron chi connectivity index (χ1n) is 6.72. The number of rotatable bonds is 0. The summed E-state index contributed by atoms with van der Waals surface area (Å²) in [6.07, 6.45) is 2.55. The van der Waals surface area contributed by atoms with Gasteiger partial charge in [0.1, 0.15) is 24.4 Å². The molecule has 0 saturated carbocycles. The first-order chi connectivity index (χ1) is 9.53. The van der Waals surface area contributed by atoms with E-state index in [0.29, 0.717) is 5.56 Å². The summed E-state index contributed by atoms with van der Waals surface area (Å²) in [6.45, 7) is 3.94. The second-order valence-corrected chi connectivity index (χ2v) is 5.77. The van der Waals surface area contributed by atoms with Gasteiger partial charge in [0.2, 0.25) is 0 Å². The monoisotopic (exact) mass is 278 g/mol. The largest absolute Gasteiger partial charge is 0.459 e. The summed E-state index contributed by atoms with van der Waals surface area (Å²) in [5.74, 6) is -0.989. The number of cyclic esters (lactones) is 1. The Morgan fingerprint density at radius 3 is 2.95 bits per heavy atom. The molecule has 106 valence electrons. The van der Waals surface area contributed by atoms with E-state index in [0.717, 1.165) is 0 Å². The second kappa shape index (κ2) is 4.00. The van der Waals surface area contributed by atoms with Gasteiger partial charge in [-0.2, -0.15) is 4.57 Å². The lowest BCUT2D eigenvalue weighted by Crippen LogP contribution is -2.46. The number of carbonyl (C=O) groups is 1. The van der Waals surface area contributed by atoms with E-state index in [9.17, 15) is 4.79 Å². The zero-order valence-corrected chi connectivity index (χ0v) is 11.3. The number of fused-ring (bicyclic) bond motifs is 8. The van der Waals surface area contributed by atoms with Gasteiger partial charge in [0.15, 0.2) is 24.3 Å². The van der Waals surface area contributed by atoms with Crippen LogP contribution in [0, 0.1) is 0 Å². The Morgan fingerprint density at radius 2 is 2.10 bits per heavy atom. The average Bonchev–Trinajstić information content (AvgIpc) is 2.90. The third-order valence-electron chi connectivity index (χ3n) is 3.86. The number of pyridine rings is 1. The molecular formula is C14H16NO5+. The van der Waals surface area contributed by atoms with Gasteiger partial charge in [-0.25, -0.2) is 4.79 Å². The van der Waals surface area contributed by atoms with Gasteiger partial charge in [0.05, 0.1) is 0 Å². The van der Waals surface area contributed by atoms with Crippen LogP contribution in [0.25, 0.3) is 0 Å². The maximum absolute atomic E-state index is 11.9. The Morgan fingerprint density at radius 1 is 1.30 bits per heavy atom. The first kappa shape index (κ1) is 12.3. The van der Waals surface area contributed by atoms with Crippen LogP contribution < -0.4 is 4.57 Å². The number of ether oxygens (including phenoxy) is 4. The lowest BCUT2D eigenvalue weighted by molar-refractivity contribution is -0.766. The van der Waals surface area contributed by atoms with Gasteiger partial charge in [0.25, 0.3) is 6.23 Å². The fourth-order valence-electron chi connectivity index (χ4n) is 3.05. The minimum absolute atomic E-state index is 0.176. The molecule has 1 aromatic rings. The fraction of sp³-hybridized carbons (Fsp3) is 0.571. The maximum Gasteiger partial charge on any atom is 0.344 e. The standard InChI is InChI=1S/C14H16NO5/c1-14(2)19-10-9-7-17-13(16)8-4-3-5-15(6-8)12(18-9)11(10)20-14/h3-6,9-12H,7H2,1-2H3/q+1/t9-,10-,11-,12-/m1/s1. The Balaban J connectivity index is 1.78. The SMILES string of the molecule is CC1(C)O[C@@H]2[C@H](O1)[C@H]1COC(=O)c3ccc[n+](c3)[C@@H]2O1. The van der Waals surface area contributed by atoms with Crippen LogP contribution in [0.3, 0.4) is 0 Å². The lowest BCUT2D eigenvalue weighted by atomic mass is 10.1. The molecule has 2 fully saturated rings. The number of carbonyl (C=O) groups excluding carboxylic acids is 1. The summed E-state index contributed by atoms with van der Waals surface area (Å²) < 4.78 is 25.0. The smallest absolute Gasteiger partial charge is 0.344 e. The summed E-state index contributed by atoms with van der Waals surface area (Å²) in [4.78, 5) is 11.9. The number of hydrogen-bond acceptors (Lipinski definition) is 5. The summed E-state index contributed by atoms with van der Waals surface area (Å²) in [5.41, 5.74) is 0.512. The molecule has 0 aromatic carbocycles. The van der Waals surface area contributed by atoms with Crippen LogP contribution >= 0.6 is 0 Å². The normalized spacial score (nSPS) is 37.6. The molecule has 0 radical (unpaired) electrons. The van der Waals surface area contributed by atoms with Crippen molar-refractivity contribution < 1.29 is 28.3 Å². The predicted molar refractivity (Wildman–Crippen MR) is 64.7 cm³/mol. The molecule has 3 aliphatic rings. The van der Waals surface area contributed by atoms with Gasteiger partial charge in [0, 0.05) is 6.07 Å². The van der Waals surface area contributed by atoms with Crippen molar-refractivity contribution in [3.05, 3.63) is 30.1 Å². The molecule has 4 rings (SSSR count). The highest BCUT2D eigenvalue weighted by Gasteiger charge is 2.59. The van der Waals surface area contributed by atoms with E-state index in [1.54, 1.807) is 18.3 Å². The summed E-state index contributed by atoms with van der Waals surface area (Å²) >= 11 is 0. The third kappa shape index (κ3) is 1.76.